The highest BCUT2D eigenvalue weighted by atomic mass is 19.4. The van der Waals surface area contributed by atoms with E-state index in [1.54, 1.807) is 0 Å². The summed E-state index contributed by atoms with van der Waals surface area (Å²) in [6.07, 6.45) is -5.08. The number of carbonyl (C=O) groups is 2. The van der Waals surface area contributed by atoms with E-state index in [-0.39, 0.29) is 12.5 Å². The zero-order valence-corrected chi connectivity index (χ0v) is 5.91. The Morgan fingerprint density at radius 3 is 2.08 bits per heavy atom. The molecule has 0 bridgehead atoms. The first-order valence-corrected chi connectivity index (χ1v) is 2.71. The van der Waals surface area contributed by atoms with Gasteiger partial charge in [-0.3, -0.25) is 4.84 Å². The van der Waals surface area contributed by atoms with Gasteiger partial charge in [-0.2, -0.15) is 13.2 Å². The fourth-order valence-corrected chi connectivity index (χ4v) is 0.190. The minimum atomic E-state index is -5.08. The van der Waals surface area contributed by atoms with Gasteiger partial charge in [0.25, 0.3) is 0 Å². The molecule has 0 spiro atoms. The highest BCUT2D eigenvalue weighted by Gasteiger charge is 2.38. The van der Waals surface area contributed by atoms with Crippen LogP contribution in [-0.2, 0) is 14.4 Å². The van der Waals surface area contributed by atoms with Gasteiger partial charge in [0.05, 0.1) is 0 Å². The van der Waals surface area contributed by atoms with Gasteiger partial charge in [0, 0.05) is 5.28 Å². The molecular formula is C4H3F3N2O4. The minimum Gasteiger partial charge on any atom is -0.475 e. The number of rotatable bonds is 0. The van der Waals surface area contributed by atoms with E-state index in [0.29, 0.717) is 0 Å². The van der Waals surface area contributed by atoms with Crippen molar-refractivity contribution in [3.05, 3.63) is 0 Å². The van der Waals surface area contributed by atoms with Crippen molar-refractivity contribution in [2.24, 2.45) is 10.4 Å². The Morgan fingerprint density at radius 1 is 1.54 bits per heavy atom. The minimum absolute atomic E-state index is 0.0833. The average molecular weight is 200 g/mol. The van der Waals surface area contributed by atoms with Crippen LogP contribution in [0.15, 0.2) is 10.4 Å². The molecule has 0 fully saturated rings. The number of aliphatic carboxylic acids is 1. The first-order chi connectivity index (χ1) is 5.84. The Morgan fingerprint density at radius 2 is 2.00 bits per heavy atom. The number of hydrogen-bond acceptors (Lipinski definition) is 5. The van der Waals surface area contributed by atoms with E-state index in [1.807, 2.05) is 0 Å². The maximum absolute atomic E-state index is 10.6. The molecule has 0 saturated heterocycles. The van der Waals surface area contributed by atoms with Crippen LogP contribution in [0.4, 0.5) is 13.2 Å². The summed E-state index contributed by atoms with van der Waals surface area (Å²) in [5, 5.41) is 13.3. The first kappa shape index (κ1) is 11.3. The van der Waals surface area contributed by atoms with Crippen molar-refractivity contribution in [3.63, 3.8) is 0 Å². The molecule has 0 aromatic carbocycles. The smallest absolute Gasteiger partial charge is 0.475 e. The van der Waals surface area contributed by atoms with Crippen LogP contribution in [0, 0.1) is 0 Å². The predicted molar refractivity (Wildman–Crippen MR) is 29.5 cm³/mol. The molecule has 0 aliphatic carbocycles. The average Bonchev–Trinajstić information content (AvgIpc) is 2.38. The molecule has 1 aliphatic heterocycles. The first-order valence-electron chi connectivity index (χ1n) is 2.71. The van der Waals surface area contributed by atoms with Gasteiger partial charge in [0.1, 0.15) is 0 Å². The predicted octanol–water partition coefficient (Wildman–Crippen LogP) is 0.544. The fraction of sp³-hybridized carbons (Fsp3) is 0.500. The van der Waals surface area contributed by atoms with Crippen LogP contribution < -0.4 is 0 Å². The Labute approximate surface area is 69.0 Å². The Bertz CT molecular complexity index is 226. The summed E-state index contributed by atoms with van der Waals surface area (Å²) < 4.78 is 31.7. The van der Waals surface area contributed by atoms with Gasteiger partial charge in [-0.25, -0.2) is 9.59 Å². The third-order valence-corrected chi connectivity index (χ3v) is 0.643. The van der Waals surface area contributed by atoms with Crippen LogP contribution in [0.5, 0.6) is 0 Å². The van der Waals surface area contributed by atoms with E-state index in [4.69, 9.17) is 9.90 Å². The Kier molecular flexibility index (Phi) is 3.82. The second-order valence-electron chi connectivity index (χ2n) is 1.65. The summed E-state index contributed by atoms with van der Waals surface area (Å²) in [5.41, 5.74) is 0. The van der Waals surface area contributed by atoms with Crippen LogP contribution in [0.1, 0.15) is 0 Å². The summed E-state index contributed by atoms with van der Waals surface area (Å²) in [4.78, 5) is 22.7. The standard InChI is InChI=1S/C2HF3O2.C2H2N2O2/c3-2(4,5)1(6)7;5-2-1-3-4-6-2/h(H,6,7);1H2. The monoisotopic (exact) mass is 200 g/mol. The van der Waals surface area contributed by atoms with Crippen molar-refractivity contribution in [1.82, 2.24) is 0 Å². The summed E-state index contributed by atoms with van der Waals surface area (Å²) >= 11 is 0. The third-order valence-electron chi connectivity index (χ3n) is 0.643. The van der Waals surface area contributed by atoms with Gasteiger partial charge in [-0.15, -0.1) is 5.11 Å². The number of carboxylic acid groups (broad SMARTS) is 1. The molecule has 6 nitrogen and oxygen atoms in total. The maximum atomic E-state index is 10.6. The van der Waals surface area contributed by atoms with E-state index in [1.165, 1.54) is 0 Å². The topological polar surface area (TPSA) is 88.3 Å². The zero-order chi connectivity index (χ0) is 10.5. The maximum Gasteiger partial charge on any atom is 0.490 e. The van der Waals surface area contributed by atoms with Gasteiger partial charge in [0.15, 0.2) is 6.54 Å². The lowest BCUT2D eigenvalue weighted by Crippen LogP contribution is -2.21. The lowest BCUT2D eigenvalue weighted by atomic mass is 10.7. The zero-order valence-electron chi connectivity index (χ0n) is 5.91. The van der Waals surface area contributed by atoms with Crippen LogP contribution in [-0.4, -0.2) is 29.8 Å². The lowest BCUT2D eigenvalue weighted by Gasteiger charge is -1.93. The SMILES string of the molecule is O=C(O)C(F)(F)F.O=C1CN=NO1. The van der Waals surface area contributed by atoms with Gasteiger partial charge >= 0.3 is 18.1 Å². The normalized spacial score (nSPS) is 14.5. The molecule has 0 saturated carbocycles. The van der Waals surface area contributed by atoms with Crippen molar-refractivity contribution >= 4 is 11.9 Å². The molecule has 13 heavy (non-hydrogen) atoms. The number of carbonyl (C=O) groups excluding carboxylic acids is 1. The van der Waals surface area contributed by atoms with Gasteiger partial charge < -0.3 is 5.11 Å². The Balaban J connectivity index is 0.000000223. The molecule has 74 valence electrons. The molecule has 1 aliphatic rings. The molecule has 1 heterocycles. The van der Waals surface area contributed by atoms with Gasteiger partial charge in [0.2, 0.25) is 0 Å². The van der Waals surface area contributed by atoms with Crippen LogP contribution in [0.3, 0.4) is 0 Å². The number of halogens is 3. The number of alkyl halides is 3. The van der Waals surface area contributed by atoms with E-state index in [9.17, 15) is 18.0 Å². The van der Waals surface area contributed by atoms with Crippen LogP contribution in [0.2, 0.25) is 0 Å². The van der Waals surface area contributed by atoms with E-state index in [0.717, 1.165) is 0 Å². The third kappa shape index (κ3) is 5.58. The fourth-order valence-electron chi connectivity index (χ4n) is 0.190. The molecule has 0 atom stereocenters. The van der Waals surface area contributed by atoms with E-state index < -0.39 is 12.1 Å². The van der Waals surface area contributed by atoms with Crippen molar-refractivity contribution in [3.8, 4) is 0 Å². The number of nitrogens with zero attached hydrogens (tertiary/aromatic N) is 2. The van der Waals surface area contributed by atoms with Crippen molar-refractivity contribution in [2.45, 2.75) is 6.18 Å². The van der Waals surface area contributed by atoms with Gasteiger partial charge in [-0.1, -0.05) is 0 Å². The quantitative estimate of drug-likeness (QED) is 0.618. The molecule has 0 radical (unpaired) electrons. The molecular weight excluding hydrogens is 197 g/mol. The Hall–Kier alpha value is -1.67. The summed E-state index contributed by atoms with van der Waals surface area (Å²) in [6.45, 7) is 0.0833. The van der Waals surface area contributed by atoms with E-state index >= 15 is 0 Å². The highest BCUT2D eigenvalue weighted by molar-refractivity contribution is 5.73. The molecule has 1 rings (SSSR count). The van der Waals surface area contributed by atoms with Crippen molar-refractivity contribution in [2.75, 3.05) is 6.54 Å². The second kappa shape index (κ2) is 4.38. The van der Waals surface area contributed by atoms with Crippen molar-refractivity contribution in [1.29, 1.82) is 0 Å². The number of hydrogen-bond donors (Lipinski definition) is 1. The molecule has 9 heteroatoms. The summed E-state index contributed by atoms with van der Waals surface area (Å²) in [7, 11) is 0. The van der Waals surface area contributed by atoms with Crippen LogP contribution in [0.25, 0.3) is 0 Å². The summed E-state index contributed by atoms with van der Waals surface area (Å²) in [5.74, 6) is -3.14. The largest absolute Gasteiger partial charge is 0.490 e. The molecule has 1 N–H and O–H groups in total. The molecule has 0 aromatic rings. The number of carboxylic acids is 1. The lowest BCUT2D eigenvalue weighted by molar-refractivity contribution is -0.192. The second-order valence-corrected chi connectivity index (χ2v) is 1.65. The molecule has 0 unspecified atom stereocenters. The van der Waals surface area contributed by atoms with E-state index in [2.05, 4.69) is 15.2 Å². The molecule has 0 aromatic heterocycles. The molecule has 0 amide bonds. The van der Waals surface area contributed by atoms with Crippen molar-refractivity contribution < 1.29 is 32.7 Å². The summed E-state index contributed by atoms with van der Waals surface area (Å²) in [6, 6.07) is 0. The van der Waals surface area contributed by atoms with Gasteiger partial charge in [-0.05, 0) is 0 Å². The van der Waals surface area contributed by atoms with Crippen LogP contribution >= 0.6 is 0 Å². The highest BCUT2D eigenvalue weighted by Crippen LogP contribution is 2.13.